The van der Waals surface area contributed by atoms with Crippen molar-refractivity contribution in [3.63, 3.8) is 0 Å². The number of fused-ring (bicyclic) bond motifs is 1. The summed E-state index contributed by atoms with van der Waals surface area (Å²) in [7, 11) is 1.51. The number of likely N-dealkylation sites (tertiary alicyclic amines) is 1. The molecule has 0 aliphatic carbocycles. The summed E-state index contributed by atoms with van der Waals surface area (Å²) in [6.07, 6.45) is 5.85. The van der Waals surface area contributed by atoms with Gasteiger partial charge in [-0.3, -0.25) is 29.9 Å². The number of nitrogens with one attached hydrogen (secondary N) is 2. The van der Waals surface area contributed by atoms with E-state index >= 15 is 0 Å². The molecule has 0 radical (unpaired) electrons. The molecule has 2 fully saturated rings. The second-order valence-electron chi connectivity index (χ2n) is 11.4. The zero-order chi connectivity index (χ0) is 32.4. The van der Waals surface area contributed by atoms with E-state index in [0.29, 0.717) is 45.4 Å². The first-order valence-electron chi connectivity index (χ1n) is 15.0. The maximum atomic E-state index is 12.2. The number of non-ortho nitro benzene ring substituents is 1. The monoisotopic (exact) mass is 620 g/mol. The van der Waals surface area contributed by atoms with Gasteiger partial charge in [-0.1, -0.05) is 36.4 Å². The Morgan fingerprint density at radius 1 is 1.04 bits per heavy atom. The number of rotatable bonds is 9. The van der Waals surface area contributed by atoms with E-state index in [2.05, 4.69) is 10.3 Å². The number of carbonyl (C=O) groups excluding carboxylic acids is 3. The zero-order valence-electron chi connectivity index (χ0n) is 25.2. The van der Waals surface area contributed by atoms with Crippen LogP contribution in [0.25, 0.3) is 17.0 Å². The van der Waals surface area contributed by atoms with Crippen molar-refractivity contribution in [1.82, 2.24) is 20.1 Å². The topological polar surface area (TPSA) is 161 Å². The van der Waals surface area contributed by atoms with Crippen molar-refractivity contribution in [2.45, 2.75) is 32.1 Å². The van der Waals surface area contributed by atoms with Gasteiger partial charge in [0.05, 0.1) is 21.9 Å². The molecule has 0 unspecified atom stereocenters. The van der Waals surface area contributed by atoms with Gasteiger partial charge < -0.3 is 15.0 Å². The number of amides is 4. The minimum absolute atomic E-state index is 0.119. The Kier molecular flexibility index (Phi) is 8.34. The van der Waals surface area contributed by atoms with E-state index in [1.165, 1.54) is 24.1 Å². The van der Waals surface area contributed by atoms with Crippen LogP contribution in [0.1, 0.15) is 47.9 Å². The Balaban J connectivity index is 1.33. The van der Waals surface area contributed by atoms with E-state index in [0.717, 1.165) is 44.3 Å². The normalized spacial score (nSPS) is 16.5. The summed E-state index contributed by atoms with van der Waals surface area (Å²) in [5.74, 6) is -0.438. The Bertz CT molecular complexity index is 1910. The number of aliphatic imine (C=N–C) groups is 1. The minimum Gasteiger partial charge on any atom is -0.494 e. The van der Waals surface area contributed by atoms with Gasteiger partial charge in [0.2, 0.25) is 5.91 Å². The lowest BCUT2D eigenvalue weighted by molar-refractivity contribution is -0.384. The number of carbonyl (C=O) groups is 3. The molecule has 3 heterocycles. The number of hydrogen-bond acceptors (Lipinski definition) is 7. The van der Waals surface area contributed by atoms with Crippen LogP contribution < -0.4 is 5.32 Å². The van der Waals surface area contributed by atoms with Crippen LogP contribution in [0.2, 0.25) is 0 Å². The SMILES string of the molecule is CN1C(=O)NC(=O)/C1=C/c1ccc(N=C(c2ccc(CCCN3CCCCC3=O)cc2)c2c(O)[nH]c3ccc([N+](=O)[O-])cc23)cc1. The van der Waals surface area contributed by atoms with Crippen molar-refractivity contribution in [3.8, 4) is 5.88 Å². The first-order valence-corrected chi connectivity index (χ1v) is 15.0. The fourth-order valence-corrected chi connectivity index (χ4v) is 5.79. The van der Waals surface area contributed by atoms with E-state index in [1.807, 2.05) is 29.2 Å². The molecule has 3 N–H and O–H groups in total. The third-order valence-electron chi connectivity index (χ3n) is 8.31. The molecule has 0 spiro atoms. The number of likely N-dealkylation sites (N-methyl/N-ethyl adjacent to an activating group) is 1. The Hall–Kier alpha value is -5.78. The van der Waals surface area contributed by atoms with Crippen LogP contribution in [0, 0.1) is 10.1 Å². The lowest BCUT2D eigenvalue weighted by atomic mass is 9.98. The molecule has 234 valence electrons. The van der Waals surface area contributed by atoms with Gasteiger partial charge in [0.15, 0.2) is 5.88 Å². The molecule has 1 aromatic heterocycles. The first-order chi connectivity index (χ1) is 22.2. The summed E-state index contributed by atoms with van der Waals surface area (Å²) < 4.78 is 0. The number of urea groups is 1. The Labute approximate surface area is 264 Å². The second kappa shape index (κ2) is 12.7. The van der Waals surface area contributed by atoms with Gasteiger partial charge in [-0.05, 0) is 61.1 Å². The fraction of sp³-hybridized carbons (Fsp3) is 0.235. The highest BCUT2D eigenvalue weighted by Crippen LogP contribution is 2.34. The van der Waals surface area contributed by atoms with E-state index < -0.39 is 16.9 Å². The largest absolute Gasteiger partial charge is 0.494 e. The number of hydrogen-bond donors (Lipinski definition) is 3. The van der Waals surface area contributed by atoms with E-state index in [4.69, 9.17) is 4.99 Å². The molecule has 2 aliphatic heterocycles. The third kappa shape index (κ3) is 6.23. The molecule has 0 saturated carbocycles. The number of benzene rings is 3. The van der Waals surface area contributed by atoms with Crippen LogP contribution in [0.3, 0.4) is 0 Å². The number of H-pyrrole nitrogens is 1. The Morgan fingerprint density at radius 2 is 1.80 bits per heavy atom. The van der Waals surface area contributed by atoms with Crippen LogP contribution >= 0.6 is 0 Å². The van der Waals surface area contributed by atoms with Gasteiger partial charge in [-0.15, -0.1) is 0 Å². The van der Waals surface area contributed by atoms with Crippen molar-refractivity contribution in [2.24, 2.45) is 4.99 Å². The number of aromatic amines is 1. The predicted octanol–water partition coefficient (Wildman–Crippen LogP) is 5.42. The van der Waals surface area contributed by atoms with Gasteiger partial charge in [0, 0.05) is 55.2 Å². The van der Waals surface area contributed by atoms with Gasteiger partial charge in [-0.2, -0.15) is 0 Å². The van der Waals surface area contributed by atoms with Gasteiger partial charge in [-0.25, -0.2) is 9.79 Å². The van der Waals surface area contributed by atoms with E-state index in [9.17, 15) is 29.6 Å². The maximum absolute atomic E-state index is 12.2. The summed E-state index contributed by atoms with van der Waals surface area (Å²) in [5.41, 5.74) is 4.33. The van der Waals surface area contributed by atoms with Crippen LogP contribution in [0.15, 0.2) is 77.4 Å². The first kappa shape index (κ1) is 30.3. The smallest absolute Gasteiger partial charge is 0.328 e. The number of aromatic hydroxyl groups is 1. The minimum atomic E-state index is -0.496. The quantitative estimate of drug-likeness (QED) is 0.0745. The van der Waals surface area contributed by atoms with Gasteiger partial charge in [0.25, 0.3) is 11.6 Å². The molecule has 12 heteroatoms. The summed E-state index contributed by atoms with van der Waals surface area (Å²) in [4.78, 5) is 58.1. The highest BCUT2D eigenvalue weighted by Gasteiger charge is 2.29. The standard InChI is InChI=1S/C34H32N6O6/c1-38-28(32(42)37-34(38)44)19-22-9-13-24(14-10-22)35-31(30-26-20-25(40(45)46)15-16-27(26)36-33(30)43)23-11-7-21(8-12-23)5-4-18-39-17-3-2-6-29(39)41/h7-16,19-20,36,43H,2-6,17-18H2,1H3,(H,37,42,44)/b28-19-,35-31?. The highest BCUT2D eigenvalue weighted by molar-refractivity contribution is 6.22. The summed E-state index contributed by atoms with van der Waals surface area (Å²) in [5, 5.41) is 25.3. The molecule has 2 saturated heterocycles. The molecule has 4 amide bonds. The molecule has 3 aromatic carbocycles. The van der Waals surface area contributed by atoms with Crippen LogP contribution in [0.4, 0.5) is 16.2 Å². The van der Waals surface area contributed by atoms with Crippen LogP contribution in [-0.2, 0) is 16.0 Å². The second-order valence-corrected chi connectivity index (χ2v) is 11.4. The average molecular weight is 621 g/mol. The molecule has 6 rings (SSSR count). The van der Waals surface area contributed by atoms with Gasteiger partial charge in [0.1, 0.15) is 5.70 Å². The summed E-state index contributed by atoms with van der Waals surface area (Å²) >= 11 is 0. The van der Waals surface area contributed by atoms with Gasteiger partial charge >= 0.3 is 6.03 Å². The molecule has 4 aromatic rings. The number of nitrogens with zero attached hydrogens (tertiary/aromatic N) is 4. The van der Waals surface area contributed by atoms with Crippen molar-refractivity contribution in [2.75, 3.05) is 20.1 Å². The number of aryl methyl sites for hydroxylation is 1. The zero-order valence-corrected chi connectivity index (χ0v) is 25.2. The number of nitro benzene ring substituents is 1. The summed E-state index contributed by atoms with van der Waals surface area (Å²) in [6, 6.07) is 18.6. The molecule has 12 nitrogen and oxygen atoms in total. The van der Waals surface area contributed by atoms with Crippen molar-refractivity contribution < 1.29 is 24.4 Å². The number of aromatic nitrogens is 1. The molecule has 0 atom stereocenters. The molecule has 46 heavy (non-hydrogen) atoms. The van der Waals surface area contributed by atoms with Crippen LogP contribution in [0.5, 0.6) is 5.88 Å². The van der Waals surface area contributed by atoms with E-state index in [-0.39, 0.29) is 23.2 Å². The number of piperidine rings is 1. The average Bonchev–Trinajstić information content (AvgIpc) is 3.50. The summed E-state index contributed by atoms with van der Waals surface area (Å²) in [6.45, 7) is 1.54. The number of nitro groups is 1. The lowest BCUT2D eigenvalue weighted by Gasteiger charge is -2.26. The third-order valence-corrected chi connectivity index (χ3v) is 8.31. The lowest BCUT2D eigenvalue weighted by Crippen LogP contribution is -2.36. The fourth-order valence-electron chi connectivity index (χ4n) is 5.79. The van der Waals surface area contributed by atoms with E-state index in [1.54, 1.807) is 36.4 Å². The number of imide groups is 1. The highest BCUT2D eigenvalue weighted by atomic mass is 16.6. The molecular formula is C34H32N6O6. The van der Waals surface area contributed by atoms with Crippen LogP contribution in [-0.4, -0.2) is 68.5 Å². The Morgan fingerprint density at radius 3 is 2.48 bits per heavy atom. The molecule has 0 bridgehead atoms. The molecular weight excluding hydrogens is 588 g/mol. The molecule has 2 aliphatic rings. The maximum Gasteiger partial charge on any atom is 0.328 e. The van der Waals surface area contributed by atoms with Crippen molar-refractivity contribution >= 4 is 51.9 Å². The van der Waals surface area contributed by atoms with Crippen molar-refractivity contribution in [3.05, 3.63) is 105 Å². The van der Waals surface area contributed by atoms with Crippen molar-refractivity contribution in [1.29, 1.82) is 0 Å². The predicted molar refractivity (Wildman–Crippen MR) is 173 cm³/mol.